The van der Waals surface area contributed by atoms with Crippen LogP contribution in [0.2, 0.25) is 0 Å². The third-order valence-electron chi connectivity index (χ3n) is 4.57. The Morgan fingerprint density at radius 2 is 2.12 bits per heavy atom. The van der Waals surface area contributed by atoms with Gasteiger partial charge in [-0.2, -0.15) is 0 Å². The number of carbonyl (C=O) groups is 1. The molecule has 1 aliphatic heterocycles. The van der Waals surface area contributed by atoms with Crippen molar-refractivity contribution in [3.63, 3.8) is 0 Å². The number of rotatable bonds is 4. The van der Waals surface area contributed by atoms with Crippen LogP contribution in [0.5, 0.6) is 11.5 Å². The Bertz CT molecular complexity index is 750. The average molecular weight is 380 g/mol. The predicted octanol–water partition coefficient (Wildman–Crippen LogP) is 3.09. The van der Waals surface area contributed by atoms with Gasteiger partial charge < -0.3 is 19.4 Å². The highest BCUT2D eigenvalue weighted by atomic mass is 32.2. The lowest BCUT2D eigenvalue weighted by Gasteiger charge is -2.28. The lowest BCUT2D eigenvalue weighted by Crippen LogP contribution is -2.38. The van der Waals surface area contributed by atoms with E-state index in [1.165, 1.54) is 11.3 Å². The summed E-state index contributed by atoms with van der Waals surface area (Å²) in [7, 11) is 2.02. The normalized spacial score (nSPS) is 22.6. The van der Waals surface area contributed by atoms with Gasteiger partial charge in [0.05, 0.1) is 0 Å². The van der Waals surface area contributed by atoms with Gasteiger partial charge in [-0.1, -0.05) is 11.8 Å². The Kier molecular flexibility index (Phi) is 4.89. The molecule has 1 amide bonds. The van der Waals surface area contributed by atoms with E-state index in [2.05, 4.69) is 14.9 Å². The third-order valence-corrected chi connectivity index (χ3v) is 6.91. The van der Waals surface area contributed by atoms with Gasteiger partial charge in [0.2, 0.25) is 0 Å². The van der Waals surface area contributed by atoms with Crippen LogP contribution < -0.4 is 14.8 Å². The molecule has 8 heteroatoms. The lowest BCUT2D eigenvalue weighted by molar-refractivity contribution is 0.0923. The summed E-state index contributed by atoms with van der Waals surface area (Å²) in [6.45, 7) is 1.04. The zero-order valence-corrected chi connectivity index (χ0v) is 15.7. The molecule has 134 valence electrons. The fourth-order valence-electron chi connectivity index (χ4n) is 3.21. The van der Waals surface area contributed by atoms with Crippen LogP contribution in [0.1, 0.15) is 35.4 Å². The fraction of sp³-hybridized carbons (Fsp3) is 0.529. The molecule has 2 aliphatic rings. The number of carbonyl (C=O) groups excluding carboxylic acids is 1. The largest absolute Gasteiger partial charge is 0.485 e. The minimum atomic E-state index is -0.0445. The van der Waals surface area contributed by atoms with E-state index in [-0.39, 0.29) is 11.9 Å². The van der Waals surface area contributed by atoms with E-state index in [0.717, 1.165) is 30.8 Å². The molecule has 25 heavy (non-hydrogen) atoms. The summed E-state index contributed by atoms with van der Waals surface area (Å²) in [5, 5.41) is 6.65. The first-order chi connectivity index (χ1) is 12.2. The molecular weight excluding hydrogens is 358 g/mol. The van der Waals surface area contributed by atoms with Crippen molar-refractivity contribution >= 4 is 29.0 Å². The first-order valence-corrected chi connectivity index (χ1v) is 10.3. The Labute approximate surface area is 154 Å². The van der Waals surface area contributed by atoms with Gasteiger partial charge in [0.1, 0.15) is 18.1 Å². The second-order valence-corrected chi connectivity index (χ2v) is 8.49. The van der Waals surface area contributed by atoms with Gasteiger partial charge >= 0.3 is 0 Å². The standard InChI is InChI=1S/C17H21N3O3S2/c1-20-7-6-18-17(20)25-12-4-2-11(3-5-12)19-16(21)15-14-13(10-24-15)22-8-9-23-14/h6-7,10-12H,2-5,8-9H2,1H3,(H,19,21). The molecule has 4 rings (SSSR count). The van der Waals surface area contributed by atoms with E-state index in [1.54, 1.807) is 0 Å². The molecule has 1 aliphatic carbocycles. The summed E-state index contributed by atoms with van der Waals surface area (Å²) in [5.41, 5.74) is 0. The van der Waals surface area contributed by atoms with Crippen LogP contribution in [-0.4, -0.2) is 40.0 Å². The van der Waals surface area contributed by atoms with Crippen LogP contribution in [0, 0.1) is 0 Å². The predicted molar refractivity (Wildman–Crippen MR) is 97.9 cm³/mol. The van der Waals surface area contributed by atoms with Gasteiger partial charge in [-0.25, -0.2) is 4.98 Å². The number of fused-ring (bicyclic) bond motifs is 1. The van der Waals surface area contributed by atoms with Crippen molar-refractivity contribution in [2.24, 2.45) is 7.05 Å². The van der Waals surface area contributed by atoms with Gasteiger partial charge in [0, 0.05) is 36.1 Å². The maximum Gasteiger partial charge on any atom is 0.265 e. The summed E-state index contributed by atoms with van der Waals surface area (Å²) < 4.78 is 13.2. The maximum absolute atomic E-state index is 12.6. The number of thioether (sulfide) groups is 1. The van der Waals surface area contributed by atoms with E-state index in [9.17, 15) is 4.79 Å². The molecule has 1 saturated carbocycles. The Morgan fingerprint density at radius 3 is 2.88 bits per heavy atom. The Morgan fingerprint density at radius 1 is 1.32 bits per heavy atom. The number of hydrogen-bond donors (Lipinski definition) is 1. The molecule has 3 heterocycles. The van der Waals surface area contributed by atoms with Crippen LogP contribution in [0.25, 0.3) is 0 Å². The molecule has 1 N–H and O–H groups in total. The second-order valence-electron chi connectivity index (χ2n) is 6.34. The summed E-state index contributed by atoms with van der Waals surface area (Å²) in [4.78, 5) is 17.6. The quantitative estimate of drug-likeness (QED) is 0.884. The highest BCUT2D eigenvalue weighted by molar-refractivity contribution is 7.99. The van der Waals surface area contributed by atoms with Crippen molar-refractivity contribution in [3.05, 3.63) is 22.7 Å². The number of thiophene rings is 1. The first-order valence-electron chi connectivity index (χ1n) is 8.52. The van der Waals surface area contributed by atoms with Gasteiger partial charge in [-0.15, -0.1) is 11.3 Å². The molecule has 6 nitrogen and oxygen atoms in total. The van der Waals surface area contributed by atoms with Gasteiger partial charge in [-0.3, -0.25) is 4.79 Å². The monoisotopic (exact) mass is 379 g/mol. The molecule has 0 unspecified atom stereocenters. The molecule has 0 spiro atoms. The molecule has 0 bridgehead atoms. The highest BCUT2D eigenvalue weighted by Gasteiger charge is 2.28. The Hall–Kier alpha value is -1.67. The van der Waals surface area contributed by atoms with E-state index in [0.29, 0.717) is 34.8 Å². The number of imidazole rings is 1. The van der Waals surface area contributed by atoms with Crippen LogP contribution in [0.15, 0.2) is 22.9 Å². The van der Waals surface area contributed by atoms with Gasteiger partial charge in [-0.05, 0) is 25.7 Å². The molecule has 2 aromatic rings. The van der Waals surface area contributed by atoms with Gasteiger partial charge in [0.15, 0.2) is 16.7 Å². The van der Waals surface area contributed by atoms with Crippen LogP contribution in [-0.2, 0) is 7.05 Å². The number of nitrogens with one attached hydrogen (secondary N) is 1. The van der Waals surface area contributed by atoms with Crippen LogP contribution >= 0.6 is 23.1 Å². The SMILES string of the molecule is Cn1ccnc1SC1CCC(NC(=O)c2scc3c2OCCO3)CC1. The number of hydrogen-bond acceptors (Lipinski definition) is 6. The summed E-state index contributed by atoms with van der Waals surface area (Å²) in [6, 6.07) is 0.230. The Balaban J connectivity index is 1.30. The highest BCUT2D eigenvalue weighted by Crippen LogP contribution is 2.39. The van der Waals surface area contributed by atoms with E-state index >= 15 is 0 Å². The summed E-state index contributed by atoms with van der Waals surface area (Å²) in [6.07, 6.45) is 7.98. The molecule has 0 aromatic carbocycles. The zero-order chi connectivity index (χ0) is 17.2. The molecular formula is C17H21N3O3S2. The van der Waals surface area contributed by atoms with Crippen molar-refractivity contribution < 1.29 is 14.3 Å². The zero-order valence-electron chi connectivity index (χ0n) is 14.1. The van der Waals surface area contributed by atoms with Crippen molar-refractivity contribution in [2.75, 3.05) is 13.2 Å². The molecule has 2 aromatic heterocycles. The van der Waals surface area contributed by atoms with Crippen LogP contribution in [0.4, 0.5) is 0 Å². The molecule has 1 fully saturated rings. The topological polar surface area (TPSA) is 65.4 Å². The number of aromatic nitrogens is 2. The molecule has 0 radical (unpaired) electrons. The van der Waals surface area contributed by atoms with Crippen molar-refractivity contribution in [2.45, 2.75) is 42.1 Å². The number of ether oxygens (including phenoxy) is 2. The molecule has 0 saturated heterocycles. The molecule has 0 atom stereocenters. The van der Waals surface area contributed by atoms with E-state index < -0.39 is 0 Å². The lowest BCUT2D eigenvalue weighted by atomic mass is 9.95. The number of amides is 1. The minimum Gasteiger partial charge on any atom is -0.485 e. The van der Waals surface area contributed by atoms with Crippen molar-refractivity contribution in [1.82, 2.24) is 14.9 Å². The summed E-state index contributed by atoms with van der Waals surface area (Å²) >= 11 is 3.23. The fourth-order valence-corrected chi connectivity index (χ4v) is 5.20. The summed E-state index contributed by atoms with van der Waals surface area (Å²) in [5.74, 6) is 1.25. The van der Waals surface area contributed by atoms with E-state index in [4.69, 9.17) is 9.47 Å². The maximum atomic E-state index is 12.6. The van der Waals surface area contributed by atoms with E-state index in [1.807, 2.05) is 36.6 Å². The van der Waals surface area contributed by atoms with Crippen LogP contribution in [0.3, 0.4) is 0 Å². The third kappa shape index (κ3) is 3.64. The average Bonchev–Trinajstić information content (AvgIpc) is 3.23. The number of nitrogens with zero attached hydrogens (tertiary/aromatic N) is 2. The first kappa shape index (κ1) is 16.8. The van der Waals surface area contributed by atoms with Gasteiger partial charge in [0.25, 0.3) is 5.91 Å². The minimum absolute atomic E-state index is 0.0445. The smallest absolute Gasteiger partial charge is 0.265 e. The van der Waals surface area contributed by atoms with Crippen molar-refractivity contribution in [1.29, 1.82) is 0 Å². The van der Waals surface area contributed by atoms with Crippen molar-refractivity contribution in [3.8, 4) is 11.5 Å². The number of aryl methyl sites for hydroxylation is 1. The second kappa shape index (κ2) is 7.29.